The Kier molecular flexibility index (Phi) is 7.44. The Morgan fingerprint density at radius 2 is 2.00 bits per heavy atom. The van der Waals surface area contributed by atoms with Crippen molar-refractivity contribution >= 4 is 15.9 Å². The number of hydrogen-bond donors (Lipinski definition) is 1. The molecule has 0 saturated carbocycles. The molecule has 178 valence electrons. The molecule has 0 aliphatic heterocycles. The van der Waals surface area contributed by atoms with E-state index in [1.807, 2.05) is 42.3 Å². The fraction of sp³-hybridized carbons (Fsp3) is 0.304. The molecular formula is C23H24BrF2N7O. The summed E-state index contributed by atoms with van der Waals surface area (Å²) in [5.41, 5.74) is 0.0845. The van der Waals surface area contributed by atoms with Crippen LogP contribution in [0.15, 0.2) is 65.8 Å². The van der Waals surface area contributed by atoms with E-state index in [9.17, 15) is 13.9 Å². The van der Waals surface area contributed by atoms with Crippen molar-refractivity contribution in [2.75, 3.05) is 13.1 Å². The van der Waals surface area contributed by atoms with Crippen molar-refractivity contribution < 1.29 is 13.9 Å². The average Bonchev–Trinajstić information content (AvgIpc) is 3.45. The van der Waals surface area contributed by atoms with Crippen molar-refractivity contribution in [3.8, 4) is 0 Å². The van der Waals surface area contributed by atoms with Gasteiger partial charge in [0, 0.05) is 29.2 Å². The summed E-state index contributed by atoms with van der Waals surface area (Å²) in [6, 6.07) is 11.1. The highest BCUT2D eigenvalue weighted by molar-refractivity contribution is 9.10. The van der Waals surface area contributed by atoms with Crippen molar-refractivity contribution in [2.24, 2.45) is 0 Å². The number of halogens is 3. The summed E-state index contributed by atoms with van der Waals surface area (Å²) in [4.78, 5) is 5.82. The van der Waals surface area contributed by atoms with Crippen molar-refractivity contribution in [3.05, 3.63) is 94.2 Å². The molecule has 2 aromatic heterocycles. The fourth-order valence-corrected chi connectivity index (χ4v) is 4.31. The van der Waals surface area contributed by atoms with Crippen molar-refractivity contribution in [1.29, 1.82) is 0 Å². The Morgan fingerprint density at radius 3 is 2.71 bits per heavy atom. The Balaban J connectivity index is 1.53. The number of hydrogen-bond acceptors (Lipinski definition) is 6. The van der Waals surface area contributed by atoms with Gasteiger partial charge in [0.1, 0.15) is 29.9 Å². The standard InChI is InChI=1S/C23H24BrF2N7O/c1-2-31(11-20-12-32(30-29-20)10-17-4-3-5-18(24)8-17)13-23(34,14-33-16-27-15-28-33)21-7-6-19(25)9-22(21)26/h3-9,12,15-16,34H,2,10-11,13-14H2,1H3. The van der Waals surface area contributed by atoms with Gasteiger partial charge in [0.2, 0.25) is 0 Å². The molecule has 0 amide bonds. The van der Waals surface area contributed by atoms with Gasteiger partial charge in [-0.1, -0.05) is 46.3 Å². The van der Waals surface area contributed by atoms with E-state index < -0.39 is 17.2 Å². The van der Waals surface area contributed by atoms with Crippen LogP contribution in [0.4, 0.5) is 8.78 Å². The molecule has 1 N–H and O–H groups in total. The van der Waals surface area contributed by atoms with Gasteiger partial charge in [0.15, 0.2) is 0 Å². The van der Waals surface area contributed by atoms with E-state index in [0.29, 0.717) is 25.3 Å². The summed E-state index contributed by atoms with van der Waals surface area (Å²) in [6.45, 7) is 3.45. The van der Waals surface area contributed by atoms with Crippen LogP contribution in [-0.4, -0.2) is 52.9 Å². The second-order valence-electron chi connectivity index (χ2n) is 8.09. The zero-order valence-corrected chi connectivity index (χ0v) is 20.1. The molecule has 0 aliphatic carbocycles. The Morgan fingerprint density at radius 1 is 1.15 bits per heavy atom. The van der Waals surface area contributed by atoms with E-state index in [-0.39, 0.29) is 18.7 Å². The molecule has 4 aromatic rings. The van der Waals surface area contributed by atoms with Crippen LogP contribution in [0.25, 0.3) is 0 Å². The van der Waals surface area contributed by atoms with Crippen molar-refractivity contribution in [3.63, 3.8) is 0 Å². The first-order valence-electron chi connectivity index (χ1n) is 10.7. The number of benzene rings is 2. The number of nitrogens with zero attached hydrogens (tertiary/aromatic N) is 7. The van der Waals surface area contributed by atoms with Crippen LogP contribution in [0.3, 0.4) is 0 Å². The van der Waals surface area contributed by atoms with Gasteiger partial charge in [-0.25, -0.2) is 23.1 Å². The van der Waals surface area contributed by atoms with Crippen molar-refractivity contribution in [2.45, 2.75) is 32.2 Å². The third-order valence-corrected chi connectivity index (χ3v) is 5.95. The summed E-state index contributed by atoms with van der Waals surface area (Å²) in [5, 5.41) is 24.1. The normalized spacial score (nSPS) is 13.4. The van der Waals surface area contributed by atoms with E-state index in [1.165, 1.54) is 23.4 Å². The topological polar surface area (TPSA) is 84.9 Å². The van der Waals surface area contributed by atoms with E-state index in [0.717, 1.165) is 22.2 Å². The zero-order valence-electron chi connectivity index (χ0n) is 18.5. The van der Waals surface area contributed by atoms with Gasteiger partial charge in [-0.2, -0.15) is 5.10 Å². The van der Waals surface area contributed by atoms with E-state index in [4.69, 9.17) is 0 Å². The number of aromatic nitrogens is 6. The molecule has 0 saturated heterocycles. The number of rotatable bonds is 10. The highest BCUT2D eigenvalue weighted by atomic mass is 79.9. The quantitative estimate of drug-likeness (QED) is 0.337. The fourth-order valence-electron chi connectivity index (χ4n) is 3.86. The second-order valence-corrected chi connectivity index (χ2v) is 9.01. The maximum atomic E-state index is 14.7. The summed E-state index contributed by atoms with van der Waals surface area (Å²) in [7, 11) is 0. The second kappa shape index (κ2) is 10.5. The largest absolute Gasteiger partial charge is 0.382 e. The first-order valence-corrected chi connectivity index (χ1v) is 11.5. The van der Waals surface area contributed by atoms with Crippen molar-refractivity contribution in [1.82, 2.24) is 34.7 Å². The Labute approximate surface area is 204 Å². The smallest absolute Gasteiger partial charge is 0.137 e. The van der Waals surface area contributed by atoms with E-state index >= 15 is 0 Å². The minimum absolute atomic E-state index is 0.0128. The van der Waals surface area contributed by atoms with Gasteiger partial charge in [0.25, 0.3) is 0 Å². The van der Waals surface area contributed by atoms with Crippen LogP contribution in [0, 0.1) is 11.6 Å². The lowest BCUT2D eigenvalue weighted by Crippen LogP contribution is -2.44. The molecule has 1 unspecified atom stereocenters. The molecule has 8 nitrogen and oxygen atoms in total. The number of aliphatic hydroxyl groups is 1. The van der Waals surface area contributed by atoms with Crippen LogP contribution in [-0.2, 0) is 25.2 Å². The minimum Gasteiger partial charge on any atom is -0.382 e. The molecule has 0 radical (unpaired) electrons. The summed E-state index contributed by atoms with van der Waals surface area (Å²) in [5.74, 6) is -1.53. The molecule has 2 aromatic carbocycles. The van der Waals surface area contributed by atoms with Crippen LogP contribution in [0.1, 0.15) is 23.7 Å². The van der Waals surface area contributed by atoms with Crippen LogP contribution in [0.2, 0.25) is 0 Å². The third kappa shape index (κ3) is 5.91. The van der Waals surface area contributed by atoms with Gasteiger partial charge in [-0.15, -0.1) is 5.10 Å². The molecule has 34 heavy (non-hydrogen) atoms. The lowest BCUT2D eigenvalue weighted by atomic mass is 9.92. The molecule has 0 fully saturated rings. The molecule has 0 spiro atoms. The van der Waals surface area contributed by atoms with Crippen LogP contribution < -0.4 is 0 Å². The molecule has 4 rings (SSSR count). The molecule has 11 heteroatoms. The lowest BCUT2D eigenvalue weighted by Gasteiger charge is -2.34. The van der Waals surface area contributed by atoms with Gasteiger partial charge in [-0.05, 0) is 30.3 Å². The van der Waals surface area contributed by atoms with Gasteiger partial charge < -0.3 is 5.11 Å². The monoisotopic (exact) mass is 531 g/mol. The van der Waals surface area contributed by atoms with Gasteiger partial charge >= 0.3 is 0 Å². The third-order valence-electron chi connectivity index (χ3n) is 5.46. The van der Waals surface area contributed by atoms with E-state index in [1.54, 1.807) is 4.68 Å². The maximum Gasteiger partial charge on any atom is 0.137 e. The molecule has 0 bridgehead atoms. The molecule has 0 aliphatic rings. The summed E-state index contributed by atoms with van der Waals surface area (Å²) >= 11 is 3.47. The number of likely N-dealkylation sites (N-methyl/N-ethyl adjacent to an activating group) is 1. The zero-order chi connectivity index (χ0) is 24.1. The lowest BCUT2D eigenvalue weighted by molar-refractivity contribution is -0.0227. The van der Waals surface area contributed by atoms with E-state index in [2.05, 4.69) is 36.3 Å². The molecule has 1 atom stereocenters. The maximum absolute atomic E-state index is 14.7. The Bertz CT molecular complexity index is 1230. The van der Waals surface area contributed by atoms with Gasteiger partial charge in [-0.3, -0.25) is 4.90 Å². The summed E-state index contributed by atoms with van der Waals surface area (Å²) in [6.07, 6.45) is 4.62. The highest BCUT2D eigenvalue weighted by Gasteiger charge is 2.35. The Hall–Kier alpha value is -3.02. The van der Waals surface area contributed by atoms with Crippen LogP contribution >= 0.6 is 15.9 Å². The highest BCUT2D eigenvalue weighted by Crippen LogP contribution is 2.28. The average molecular weight is 532 g/mol. The first kappa shape index (κ1) is 24.1. The minimum atomic E-state index is -1.69. The predicted molar refractivity (Wildman–Crippen MR) is 124 cm³/mol. The predicted octanol–water partition coefficient (Wildman–Crippen LogP) is 3.37. The van der Waals surface area contributed by atoms with Crippen LogP contribution in [0.5, 0.6) is 0 Å². The SMILES string of the molecule is CCN(Cc1cn(Cc2cccc(Br)c2)nn1)CC(O)(Cn1cncn1)c1ccc(F)cc1F. The molecular weight excluding hydrogens is 508 g/mol. The summed E-state index contributed by atoms with van der Waals surface area (Å²) < 4.78 is 32.4. The van der Waals surface area contributed by atoms with Gasteiger partial charge in [0.05, 0.1) is 25.0 Å². The molecule has 2 heterocycles. The first-order chi connectivity index (χ1) is 16.3.